The topological polar surface area (TPSA) is 38.3 Å². The van der Waals surface area contributed by atoms with Crippen LogP contribution in [0.4, 0.5) is 0 Å². The monoisotopic (exact) mass is 259 g/mol. The van der Waals surface area contributed by atoms with E-state index in [4.69, 9.17) is 4.74 Å². The van der Waals surface area contributed by atoms with Gasteiger partial charge < -0.3 is 10.1 Å². The van der Waals surface area contributed by atoms with Crippen molar-refractivity contribution in [1.29, 1.82) is 0 Å². The highest BCUT2D eigenvalue weighted by atomic mass is 16.5. The first kappa shape index (κ1) is 12.7. The summed E-state index contributed by atoms with van der Waals surface area (Å²) in [7, 11) is 0. The fraction of sp³-hybridized carbons (Fsp3) is 0.562. The molecule has 0 radical (unpaired) electrons. The number of hydrogen-bond donors (Lipinski definition) is 1. The van der Waals surface area contributed by atoms with E-state index in [1.54, 1.807) is 0 Å². The van der Waals surface area contributed by atoms with E-state index < -0.39 is 0 Å². The molecule has 0 bridgehead atoms. The van der Waals surface area contributed by atoms with Gasteiger partial charge in [0.1, 0.15) is 12.6 Å². The molecule has 1 aromatic carbocycles. The Bertz CT molecular complexity index is 418. The molecule has 2 unspecified atom stereocenters. The zero-order chi connectivity index (χ0) is 13.1. The Hall–Kier alpha value is -1.35. The molecule has 19 heavy (non-hydrogen) atoms. The molecule has 1 N–H and O–H groups in total. The predicted molar refractivity (Wildman–Crippen MR) is 73.5 cm³/mol. The summed E-state index contributed by atoms with van der Waals surface area (Å²) in [5, 5.41) is 3.45. The van der Waals surface area contributed by atoms with Crippen LogP contribution in [0, 0.1) is 5.92 Å². The number of benzene rings is 1. The van der Waals surface area contributed by atoms with E-state index in [-0.39, 0.29) is 12.0 Å². The molecule has 1 saturated carbocycles. The number of hydrogen-bond acceptors (Lipinski definition) is 3. The Morgan fingerprint density at radius 2 is 2.00 bits per heavy atom. The van der Waals surface area contributed by atoms with Crippen molar-refractivity contribution in [1.82, 2.24) is 5.32 Å². The molecule has 3 rings (SSSR count). The lowest BCUT2D eigenvalue weighted by Crippen LogP contribution is -2.37. The summed E-state index contributed by atoms with van der Waals surface area (Å²) in [6.45, 7) is 0.382. The van der Waals surface area contributed by atoms with Crippen LogP contribution in [0.25, 0.3) is 0 Å². The maximum atomic E-state index is 12.1. The summed E-state index contributed by atoms with van der Waals surface area (Å²) >= 11 is 0. The lowest BCUT2D eigenvalue weighted by Gasteiger charge is -2.24. The summed E-state index contributed by atoms with van der Waals surface area (Å²) in [6, 6.07) is 10.3. The highest BCUT2D eigenvalue weighted by Gasteiger charge is 2.38. The minimum absolute atomic E-state index is 0.0850. The van der Waals surface area contributed by atoms with Crippen molar-refractivity contribution in [2.45, 2.75) is 50.8 Å². The number of carbonyl (C=O) groups excluding carboxylic acids is 1. The van der Waals surface area contributed by atoms with E-state index in [0.717, 1.165) is 12.0 Å². The first-order chi connectivity index (χ1) is 9.33. The number of fused-ring (bicyclic) bond motifs is 1. The molecule has 1 heterocycles. The average Bonchev–Trinajstić information content (AvgIpc) is 2.90. The van der Waals surface area contributed by atoms with Crippen LogP contribution in [0.2, 0.25) is 0 Å². The standard InChI is InChI=1S/C16H21NO2/c18-16(19-11-12-6-2-1-3-7-12)15-10-13-8-4-5-9-14(13)17-15/h1-3,6-7,13-15,17H,4-5,8-11H2/t13?,14-,15?/m1/s1. The zero-order valence-electron chi connectivity index (χ0n) is 11.2. The van der Waals surface area contributed by atoms with Crippen LogP contribution in [0.3, 0.4) is 0 Å². The van der Waals surface area contributed by atoms with Crippen molar-refractivity contribution in [3.8, 4) is 0 Å². The van der Waals surface area contributed by atoms with Crippen LogP contribution in [0.15, 0.2) is 30.3 Å². The van der Waals surface area contributed by atoms with Gasteiger partial charge in [0.15, 0.2) is 0 Å². The summed E-state index contributed by atoms with van der Waals surface area (Å²) in [5.74, 6) is 0.598. The fourth-order valence-corrected chi connectivity index (χ4v) is 3.33. The molecule has 0 spiro atoms. The van der Waals surface area contributed by atoms with E-state index in [2.05, 4.69) is 5.32 Å². The van der Waals surface area contributed by atoms with Gasteiger partial charge in [-0.1, -0.05) is 43.2 Å². The summed E-state index contributed by atoms with van der Waals surface area (Å²) in [4.78, 5) is 12.1. The minimum Gasteiger partial charge on any atom is -0.460 e. The van der Waals surface area contributed by atoms with E-state index >= 15 is 0 Å². The molecule has 0 amide bonds. The molecule has 1 aliphatic heterocycles. The number of nitrogens with one attached hydrogen (secondary N) is 1. The number of carbonyl (C=O) groups is 1. The molecule has 3 heteroatoms. The fourth-order valence-electron chi connectivity index (χ4n) is 3.33. The van der Waals surface area contributed by atoms with Gasteiger partial charge in [-0.05, 0) is 30.7 Å². The quantitative estimate of drug-likeness (QED) is 0.848. The second-order valence-corrected chi connectivity index (χ2v) is 5.70. The van der Waals surface area contributed by atoms with Crippen LogP contribution < -0.4 is 5.32 Å². The van der Waals surface area contributed by atoms with Crippen molar-refractivity contribution in [2.75, 3.05) is 0 Å². The van der Waals surface area contributed by atoms with Gasteiger partial charge in [-0.2, -0.15) is 0 Å². The first-order valence-corrected chi connectivity index (χ1v) is 7.29. The number of rotatable bonds is 3. The van der Waals surface area contributed by atoms with Crippen LogP contribution >= 0.6 is 0 Å². The maximum absolute atomic E-state index is 12.1. The van der Waals surface area contributed by atoms with Crippen LogP contribution in [-0.2, 0) is 16.1 Å². The molecule has 3 nitrogen and oxygen atoms in total. The largest absolute Gasteiger partial charge is 0.460 e. The number of ether oxygens (including phenoxy) is 1. The van der Waals surface area contributed by atoms with Crippen LogP contribution in [0.1, 0.15) is 37.7 Å². The van der Waals surface area contributed by atoms with Crippen molar-refractivity contribution in [2.24, 2.45) is 5.92 Å². The Kier molecular flexibility index (Phi) is 3.83. The van der Waals surface area contributed by atoms with Crippen molar-refractivity contribution >= 4 is 5.97 Å². The van der Waals surface area contributed by atoms with E-state index in [0.29, 0.717) is 18.6 Å². The molecule has 2 aliphatic rings. The molecule has 3 atom stereocenters. The van der Waals surface area contributed by atoms with Crippen molar-refractivity contribution in [3.05, 3.63) is 35.9 Å². The average molecular weight is 259 g/mol. The Morgan fingerprint density at radius 1 is 1.21 bits per heavy atom. The van der Waals surface area contributed by atoms with Gasteiger partial charge in [-0.25, -0.2) is 0 Å². The third-order valence-corrected chi connectivity index (χ3v) is 4.37. The molecule has 1 saturated heterocycles. The minimum atomic E-state index is -0.0863. The third-order valence-electron chi connectivity index (χ3n) is 4.37. The van der Waals surface area contributed by atoms with Crippen LogP contribution in [-0.4, -0.2) is 18.1 Å². The van der Waals surface area contributed by atoms with Gasteiger partial charge in [-0.3, -0.25) is 4.79 Å². The summed E-state index contributed by atoms with van der Waals surface area (Å²) in [5.41, 5.74) is 1.05. The highest BCUT2D eigenvalue weighted by Crippen LogP contribution is 2.33. The van der Waals surface area contributed by atoms with Gasteiger partial charge in [0, 0.05) is 6.04 Å². The summed E-state index contributed by atoms with van der Waals surface area (Å²) < 4.78 is 5.42. The maximum Gasteiger partial charge on any atom is 0.323 e. The molecule has 2 fully saturated rings. The van der Waals surface area contributed by atoms with Crippen molar-refractivity contribution < 1.29 is 9.53 Å². The summed E-state index contributed by atoms with van der Waals surface area (Å²) in [6.07, 6.45) is 6.04. The zero-order valence-corrected chi connectivity index (χ0v) is 11.2. The van der Waals surface area contributed by atoms with Gasteiger partial charge in [0.05, 0.1) is 0 Å². The smallest absolute Gasteiger partial charge is 0.323 e. The van der Waals surface area contributed by atoms with Crippen LogP contribution in [0.5, 0.6) is 0 Å². The third kappa shape index (κ3) is 2.98. The molecular formula is C16H21NO2. The van der Waals surface area contributed by atoms with Crippen molar-refractivity contribution in [3.63, 3.8) is 0 Å². The Morgan fingerprint density at radius 3 is 2.79 bits per heavy atom. The molecular weight excluding hydrogens is 238 g/mol. The van der Waals surface area contributed by atoms with Gasteiger partial charge >= 0.3 is 5.97 Å². The van der Waals surface area contributed by atoms with E-state index in [1.165, 1.54) is 25.7 Å². The van der Waals surface area contributed by atoms with E-state index in [9.17, 15) is 4.79 Å². The second-order valence-electron chi connectivity index (χ2n) is 5.70. The SMILES string of the molecule is O=C(OCc1ccccc1)C1CC2CCCC[C@H]2N1. The predicted octanol–water partition coefficient (Wildman–Crippen LogP) is 2.65. The first-order valence-electron chi connectivity index (χ1n) is 7.29. The van der Waals surface area contributed by atoms with Gasteiger partial charge in [-0.15, -0.1) is 0 Å². The Balaban J connectivity index is 1.51. The van der Waals surface area contributed by atoms with Gasteiger partial charge in [0.25, 0.3) is 0 Å². The molecule has 1 aromatic rings. The lowest BCUT2D eigenvalue weighted by molar-refractivity contribution is -0.147. The van der Waals surface area contributed by atoms with E-state index in [1.807, 2.05) is 30.3 Å². The number of esters is 1. The molecule has 0 aromatic heterocycles. The second kappa shape index (κ2) is 5.74. The Labute approximate surface area is 114 Å². The molecule has 102 valence electrons. The lowest BCUT2D eigenvalue weighted by atomic mass is 9.85. The van der Waals surface area contributed by atoms with Gasteiger partial charge in [0.2, 0.25) is 0 Å². The molecule has 1 aliphatic carbocycles. The highest BCUT2D eigenvalue weighted by molar-refractivity contribution is 5.76. The normalized spacial score (nSPS) is 29.8.